The van der Waals surface area contributed by atoms with Gasteiger partial charge < -0.3 is 16.2 Å². The van der Waals surface area contributed by atoms with Crippen molar-refractivity contribution in [2.75, 3.05) is 0 Å². The number of nitrogens with two attached hydrogens (primary N) is 1. The highest BCUT2D eigenvalue weighted by Gasteiger charge is 2.48. The summed E-state index contributed by atoms with van der Waals surface area (Å²) in [5, 5.41) is 11.6. The van der Waals surface area contributed by atoms with Crippen molar-refractivity contribution in [3.8, 4) is 0 Å². The summed E-state index contributed by atoms with van der Waals surface area (Å²) in [7, 11) is 0. The van der Waals surface area contributed by atoms with E-state index in [1.165, 1.54) is 0 Å². The second-order valence-electron chi connectivity index (χ2n) is 4.29. The van der Waals surface area contributed by atoms with Crippen LogP contribution in [0, 0.1) is 5.92 Å². The van der Waals surface area contributed by atoms with E-state index < -0.39 is 17.6 Å². The molecule has 0 aromatic rings. The molecule has 0 aliphatic heterocycles. The lowest BCUT2D eigenvalue weighted by Crippen LogP contribution is -2.57. The number of hydrogen-bond acceptors (Lipinski definition) is 3. The number of carbonyl (C=O) groups excluding carboxylic acids is 1. The minimum absolute atomic E-state index is 0. The average Bonchev–Trinajstić information content (AvgIpc) is 2.99. The molecule has 0 aromatic carbocycles. The van der Waals surface area contributed by atoms with E-state index in [-0.39, 0.29) is 24.2 Å². The summed E-state index contributed by atoms with van der Waals surface area (Å²) in [6.07, 6.45) is 2.21. The Morgan fingerprint density at radius 1 is 1.56 bits per heavy atom. The first-order chi connectivity index (χ1) is 6.91. The number of carbonyl (C=O) groups is 2. The third kappa shape index (κ3) is 3.09. The van der Waals surface area contributed by atoms with Crippen molar-refractivity contribution in [1.82, 2.24) is 5.32 Å². The number of nitrogens with one attached hydrogen (secondary N) is 1. The average molecular weight is 251 g/mol. The van der Waals surface area contributed by atoms with Crippen molar-refractivity contribution < 1.29 is 14.7 Å². The molecule has 0 spiro atoms. The van der Waals surface area contributed by atoms with Crippen molar-refractivity contribution in [1.29, 1.82) is 0 Å². The van der Waals surface area contributed by atoms with Gasteiger partial charge in [0.2, 0.25) is 5.91 Å². The summed E-state index contributed by atoms with van der Waals surface area (Å²) < 4.78 is 0. The van der Waals surface area contributed by atoms with Crippen LogP contribution in [0.1, 0.15) is 33.1 Å². The zero-order valence-electron chi connectivity index (χ0n) is 9.53. The Balaban J connectivity index is 0.00000225. The maximum absolute atomic E-state index is 11.5. The van der Waals surface area contributed by atoms with E-state index in [9.17, 15) is 9.59 Å². The molecule has 94 valence electrons. The maximum atomic E-state index is 11.5. The summed E-state index contributed by atoms with van der Waals surface area (Å²) in [4.78, 5) is 22.6. The van der Waals surface area contributed by atoms with Crippen LogP contribution in [0.2, 0.25) is 0 Å². The molecule has 0 heterocycles. The molecule has 1 rings (SSSR count). The van der Waals surface area contributed by atoms with Gasteiger partial charge in [-0.1, -0.05) is 6.92 Å². The molecule has 1 amide bonds. The Morgan fingerprint density at radius 3 is 2.38 bits per heavy atom. The highest BCUT2D eigenvalue weighted by atomic mass is 35.5. The van der Waals surface area contributed by atoms with Gasteiger partial charge in [0.1, 0.15) is 5.54 Å². The third-order valence-corrected chi connectivity index (χ3v) is 3.00. The minimum atomic E-state index is -1.15. The Morgan fingerprint density at radius 2 is 2.06 bits per heavy atom. The van der Waals surface area contributed by atoms with Crippen molar-refractivity contribution in [3.63, 3.8) is 0 Å². The second-order valence-corrected chi connectivity index (χ2v) is 4.29. The molecule has 5 nitrogen and oxygen atoms in total. The highest BCUT2D eigenvalue weighted by Crippen LogP contribution is 2.39. The third-order valence-electron chi connectivity index (χ3n) is 3.00. The van der Waals surface area contributed by atoms with E-state index in [0.717, 1.165) is 12.8 Å². The number of carboxylic acid groups (broad SMARTS) is 1. The van der Waals surface area contributed by atoms with Gasteiger partial charge in [-0.2, -0.15) is 0 Å². The van der Waals surface area contributed by atoms with Gasteiger partial charge in [-0.3, -0.25) is 4.79 Å². The van der Waals surface area contributed by atoms with Gasteiger partial charge in [0, 0.05) is 0 Å². The first-order valence-corrected chi connectivity index (χ1v) is 5.22. The molecule has 2 atom stereocenters. The predicted octanol–water partition coefficient (Wildman–Crippen LogP) is 0.515. The number of aliphatic carboxylic acids is 1. The van der Waals surface area contributed by atoms with Crippen LogP contribution >= 0.6 is 12.4 Å². The molecule has 2 unspecified atom stereocenters. The van der Waals surface area contributed by atoms with E-state index in [0.29, 0.717) is 6.42 Å². The zero-order valence-corrected chi connectivity index (χ0v) is 10.3. The molecule has 0 saturated heterocycles. The standard InChI is InChI=1S/C10H18N2O3.ClH/c1-3-7(11)8(13)12-10(2,9(14)15)6-4-5-6;/h6-7H,3-5,11H2,1-2H3,(H,12,13)(H,14,15);1H. The van der Waals surface area contributed by atoms with Gasteiger partial charge in [-0.25, -0.2) is 4.79 Å². The van der Waals surface area contributed by atoms with Crippen LogP contribution in [0.25, 0.3) is 0 Å². The Hall–Kier alpha value is -0.810. The summed E-state index contributed by atoms with van der Waals surface area (Å²) in [5.74, 6) is -1.32. The molecule has 0 bridgehead atoms. The molecular weight excluding hydrogens is 232 g/mol. The largest absolute Gasteiger partial charge is 0.480 e. The molecule has 6 heteroatoms. The highest BCUT2D eigenvalue weighted by molar-refractivity contribution is 5.89. The summed E-state index contributed by atoms with van der Waals surface area (Å²) >= 11 is 0. The van der Waals surface area contributed by atoms with Gasteiger partial charge >= 0.3 is 5.97 Å². The fourth-order valence-electron chi connectivity index (χ4n) is 1.52. The molecule has 0 aromatic heterocycles. The lowest BCUT2D eigenvalue weighted by molar-refractivity contribution is -0.148. The number of rotatable bonds is 5. The molecule has 4 N–H and O–H groups in total. The lowest BCUT2D eigenvalue weighted by atomic mass is 9.95. The van der Waals surface area contributed by atoms with Crippen molar-refractivity contribution in [2.45, 2.75) is 44.7 Å². The Kier molecular flexibility index (Phi) is 5.22. The van der Waals surface area contributed by atoms with Gasteiger partial charge in [-0.15, -0.1) is 12.4 Å². The van der Waals surface area contributed by atoms with E-state index in [1.54, 1.807) is 13.8 Å². The lowest BCUT2D eigenvalue weighted by Gasteiger charge is -2.27. The predicted molar refractivity (Wildman–Crippen MR) is 62.4 cm³/mol. The number of amides is 1. The van der Waals surface area contributed by atoms with Crippen LogP contribution in [0.5, 0.6) is 0 Å². The summed E-state index contributed by atoms with van der Waals surface area (Å²) in [6, 6.07) is -0.623. The number of halogens is 1. The van der Waals surface area contributed by atoms with Crippen molar-refractivity contribution in [3.05, 3.63) is 0 Å². The van der Waals surface area contributed by atoms with Crippen molar-refractivity contribution in [2.24, 2.45) is 11.7 Å². The first-order valence-electron chi connectivity index (χ1n) is 5.22. The fraction of sp³-hybridized carbons (Fsp3) is 0.800. The van der Waals surface area contributed by atoms with Gasteiger partial charge in [-0.05, 0) is 32.1 Å². The quantitative estimate of drug-likeness (QED) is 0.663. The molecule has 1 saturated carbocycles. The maximum Gasteiger partial charge on any atom is 0.329 e. The number of carboxylic acids is 1. The van der Waals surface area contributed by atoms with Crippen LogP contribution in [-0.2, 0) is 9.59 Å². The minimum Gasteiger partial charge on any atom is -0.480 e. The molecule has 1 aliphatic carbocycles. The topological polar surface area (TPSA) is 92.4 Å². The van der Waals surface area contributed by atoms with Crippen LogP contribution in [0.3, 0.4) is 0 Å². The summed E-state index contributed by atoms with van der Waals surface area (Å²) in [6.45, 7) is 3.34. The molecule has 0 radical (unpaired) electrons. The Labute approximate surface area is 101 Å². The van der Waals surface area contributed by atoms with Gasteiger partial charge in [0.15, 0.2) is 0 Å². The van der Waals surface area contributed by atoms with Gasteiger partial charge in [0.05, 0.1) is 6.04 Å². The summed E-state index contributed by atoms with van der Waals surface area (Å²) in [5.41, 5.74) is 4.39. The SMILES string of the molecule is CCC(N)C(=O)NC(C)(C(=O)O)C1CC1.Cl. The van der Waals surface area contributed by atoms with E-state index in [1.807, 2.05) is 0 Å². The number of hydrogen-bond donors (Lipinski definition) is 3. The van der Waals surface area contributed by atoms with E-state index in [2.05, 4.69) is 5.32 Å². The fourth-order valence-corrected chi connectivity index (χ4v) is 1.52. The molecule has 1 aliphatic rings. The zero-order chi connectivity index (χ0) is 11.6. The monoisotopic (exact) mass is 250 g/mol. The second kappa shape index (κ2) is 5.50. The van der Waals surface area contributed by atoms with Crippen LogP contribution in [0.4, 0.5) is 0 Å². The van der Waals surface area contributed by atoms with E-state index in [4.69, 9.17) is 10.8 Å². The van der Waals surface area contributed by atoms with Crippen LogP contribution in [0.15, 0.2) is 0 Å². The first kappa shape index (κ1) is 15.2. The van der Waals surface area contributed by atoms with Crippen LogP contribution in [-0.4, -0.2) is 28.6 Å². The molecular formula is C10H19ClN2O3. The molecule has 1 fully saturated rings. The van der Waals surface area contributed by atoms with Crippen molar-refractivity contribution >= 4 is 24.3 Å². The smallest absolute Gasteiger partial charge is 0.329 e. The van der Waals surface area contributed by atoms with Gasteiger partial charge in [0.25, 0.3) is 0 Å². The normalized spacial score (nSPS) is 20.2. The molecule has 16 heavy (non-hydrogen) atoms. The van der Waals surface area contributed by atoms with E-state index >= 15 is 0 Å². The Bertz CT molecular complexity index is 281. The van der Waals surface area contributed by atoms with Crippen LogP contribution < -0.4 is 11.1 Å².